The second kappa shape index (κ2) is 6.69. The SMILES string of the molecule is Cc1cnc(CNC(=O)Cc2ccc(C(C)(C)C)cc2)cn1. The number of amides is 1. The fraction of sp³-hybridized carbons (Fsp3) is 0.389. The molecule has 2 aromatic rings. The van der Waals surface area contributed by atoms with Crippen LogP contribution >= 0.6 is 0 Å². The average molecular weight is 297 g/mol. The van der Waals surface area contributed by atoms with E-state index in [1.54, 1.807) is 12.4 Å². The summed E-state index contributed by atoms with van der Waals surface area (Å²) in [5.74, 6) is -0.00844. The van der Waals surface area contributed by atoms with Gasteiger partial charge in [0.2, 0.25) is 5.91 Å². The number of hydrogen-bond acceptors (Lipinski definition) is 3. The normalized spacial score (nSPS) is 11.3. The van der Waals surface area contributed by atoms with Crippen LogP contribution in [0.15, 0.2) is 36.7 Å². The van der Waals surface area contributed by atoms with E-state index in [-0.39, 0.29) is 11.3 Å². The topological polar surface area (TPSA) is 54.9 Å². The van der Waals surface area contributed by atoms with Crippen molar-refractivity contribution in [2.75, 3.05) is 0 Å². The highest BCUT2D eigenvalue weighted by molar-refractivity contribution is 5.78. The molecule has 0 spiro atoms. The number of carbonyl (C=O) groups is 1. The molecule has 1 aromatic carbocycles. The third kappa shape index (κ3) is 4.65. The van der Waals surface area contributed by atoms with E-state index in [0.717, 1.165) is 17.0 Å². The third-order valence-corrected chi connectivity index (χ3v) is 3.49. The molecule has 116 valence electrons. The van der Waals surface area contributed by atoms with E-state index in [2.05, 4.69) is 48.2 Å². The Kier molecular flexibility index (Phi) is 4.91. The van der Waals surface area contributed by atoms with Gasteiger partial charge in [-0.15, -0.1) is 0 Å². The van der Waals surface area contributed by atoms with E-state index >= 15 is 0 Å². The van der Waals surface area contributed by atoms with Gasteiger partial charge in [0.15, 0.2) is 0 Å². The van der Waals surface area contributed by atoms with Gasteiger partial charge in [-0.05, 0) is 23.5 Å². The number of aryl methyl sites for hydroxylation is 1. The van der Waals surface area contributed by atoms with Crippen LogP contribution in [-0.2, 0) is 23.2 Å². The highest BCUT2D eigenvalue weighted by atomic mass is 16.1. The zero-order valence-electron chi connectivity index (χ0n) is 13.7. The van der Waals surface area contributed by atoms with Crippen LogP contribution in [0.4, 0.5) is 0 Å². The first-order chi connectivity index (χ1) is 10.3. The van der Waals surface area contributed by atoms with Crippen molar-refractivity contribution in [1.82, 2.24) is 15.3 Å². The predicted octanol–water partition coefficient (Wildman–Crippen LogP) is 2.94. The summed E-state index contributed by atoms with van der Waals surface area (Å²) in [6.07, 6.45) is 3.77. The maximum absolute atomic E-state index is 12.0. The van der Waals surface area contributed by atoms with Gasteiger partial charge in [0.25, 0.3) is 0 Å². The Bertz CT molecular complexity index is 625. The minimum absolute atomic E-state index is 0.00844. The second-order valence-electron chi connectivity index (χ2n) is 6.55. The van der Waals surface area contributed by atoms with Crippen molar-refractivity contribution in [1.29, 1.82) is 0 Å². The van der Waals surface area contributed by atoms with Crippen LogP contribution in [0.5, 0.6) is 0 Å². The summed E-state index contributed by atoms with van der Waals surface area (Å²) in [4.78, 5) is 20.4. The Hall–Kier alpha value is -2.23. The van der Waals surface area contributed by atoms with Crippen molar-refractivity contribution >= 4 is 5.91 Å². The van der Waals surface area contributed by atoms with E-state index in [1.165, 1.54) is 5.56 Å². The lowest BCUT2D eigenvalue weighted by Crippen LogP contribution is -2.25. The van der Waals surface area contributed by atoms with Gasteiger partial charge >= 0.3 is 0 Å². The molecule has 4 heteroatoms. The molecule has 0 aliphatic heterocycles. The summed E-state index contributed by atoms with van der Waals surface area (Å²) in [7, 11) is 0. The van der Waals surface area contributed by atoms with Gasteiger partial charge in [0.05, 0.1) is 30.6 Å². The fourth-order valence-electron chi connectivity index (χ4n) is 2.07. The number of carbonyl (C=O) groups excluding carboxylic acids is 1. The summed E-state index contributed by atoms with van der Waals surface area (Å²) in [6.45, 7) is 8.83. The van der Waals surface area contributed by atoms with Crippen LogP contribution in [0.25, 0.3) is 0 Å². The minimum atomic E-state index is -0.00844. The first-order valence-electron chi connectivity index (χ1n) is 7.48. The summed E-state index contributed by atoms with van der Waals surface area (Å²) >= 11 is 0. The van der Waals surface area contributed by atoms with Crippen LogP contribution in [0.3, 0.4) is 0 Å². The molecule has 0 unspecified atom stereocenters. The Morgan fingerprint density at radius 1 is 1.09 bits per heavy atom. The Morgan fingerprint density at radius 3 is 2.32 bits per heavy atom. The Morgan fingerprint density at radius 2 is 1.77 bits per heavy atom. The largest absolute Gasteiger partial charge is 0.350 e. The lowest BCUT2D eigenvalue weighted by molar-refractivity contribution is -0.120. The van der Waals surface area contributed by atoms with E-state index in [4.69, 9.17) is 0 Å². The molecule has 1 N–H and O–H groups in total. The van der Waals surface area contributed by atoms with Gasteiger partial charge in [-0.2, -0.15) is 0 Å². The quantitative estimate of drug-likeness (QED) is 0.944. The monoisotopic (exact) mass is 297 g/mol. The van der Waals surface area contributed by atoms with Crippen LogP contribution in [0.1, 0.15) is 43.3 Å². The molecule has 1 aromatic heterocycles. The van der Waals surface area contributed by atoms with Gasteiger partial charge in [0, 0.05) is 6.20 Å². The van der Waals surface area contributed by atoms with Crippen LogP contribution in [0, 0.1) is 6.92 Å². The summed E-state index contributed by atoms with van der Waals surface area (Å²) in [5, 5.41) is 2.87. The van der Waals surface area contributed by atoms with E-state index < -0.39 is 0 Å². The number of aromatic nitrogens is 2. The fourth-order valence-corrected chi connectivity index (χ4v) is 2.07. The third-order valence-electron chi connectivity index (χ3n) is 3.49. The zero-order valence-corrected chi connectivity index (χ0v) is 13.7. The molecule has 0 bridgehead atoms. The molecule has 22 heavy (non-hydrogen) atoms. The number of benzene rings is 1. The maximum Gasteiger partial charge on any atom is 0.224 e. The lowest BCUT2D eigenvalue weighted by atomic mass is 9.86. The molecule has 2 rings (SSSR count). The smallest absolute Gasteiger partial charge is 0.224 e. The van der Waals surface area contributed by atoms with Gasteiger partial charge in [-0.3, -0.25) is 14.8 Å². The zero-order chi connectivity index (χ0) is 16.2. The molecular formula is C18H23N3O. The maximum atomic E-state index is 12.0. The van der Waals surface area contributed by atoms with E-state index in [1.807, 2.05) is 19.1 Å². The van der Waals surface area contributed by atoms with Gasteiger partial charge in [-0.1, -0.05) is 45.0 Å². The number of nitrogens with zero attached hydrogens (tertiary/aromatic N) is 2. The molecule has 0 atom stereocenters. The highest BCUT2D eigenvalue weighted by Crippen LogP contribution is 2.22. The molecule has 0 saturated carbocycles. The predicted molar refractivity (Wildman–Crippen MR) is 87.5 cm³/mol. The van der Waals surface area contributed by atoms with Crippen molar-refractivity contribution in [3.05, 3.63) is 59.2 Å². The van der Waals surface area contributed by atoms with Crippen LogP contribution in [-0.4, -0.2) is 15.9 Å². The lowest BCUT2D eigenvalue weighted by Gasteiger charge is -2.19. The van der Waals surface area contributed by atoms with Gasteiger partial charge < -0.3 is 5.32 Å². The van der Waals surface area contributed by atoms with Crippen molar-refractivity contribution in [3.8, 4) is 0 Å². The van der Waals surface area contributed by atoms with Crippen molar-refractivity contribution < 1.29 is 4.79 Å². The molecule has 0 aliphatic rings. The summed E-state index contributed by atoms with van der Waals surface area (Å²) < 4.78 is 0. The van der Waals surface area contributed by atoms with Crippen LogP contribution in [0.2, 0.25) is 0 Å². The van der Waals surface area contributed by atoms with E-state index in [9.17, 15) is 4.79 Å². The van der Waals surface area contributed by atoms with Crippen LogP contribution < -0.4 is 5.32 Å². The second-order valence-corrected chi connectivity index (χ2v) is 6.55. The number of rotatable bonds is 4. The standard InChI is InChI=1S/C18H23N3O/c1-13-10-20-16(11-19-13)12-21-17(22)9-14-5-7-15(8-6-14)18(2,3)4/h5-8,10-11H,9,12H2,1-4H3,(H,21,22). The van der Waals surface area contributed by atoms with Crippen molar-refractivity contribution in [2.45, 2.75) is 46.1 Å². The molecule has 0 radical (unpaired) electrons. The first kappa shape index (κ1) is 16.1. The Balaban J connectivity index is 1.88. The Labute approximate surface area is 132 Å². The molecule has 1 heterocycles. The molecular weight excluding hydrogens is 274 g/mol. The highest BCUT2D eigenvalue weighted by Gasteiger charge is 2.13. The summed E-state index contributed by atoms with van der Waals surface area (Å²) in [6, 6.07) is 8.22. The molecule has 0 fully saturated rings. The number of nitrogens with one attached hydrogen (secondary N) is 1. The molecule has 4 nitrogen and oxygen atoms in total. The van der Waals surface area contributed by atoms with Gasteiger partial charge in [-0.25, -0.2) is 0 Å². The number of hydrogen-bond donors (Lipinski definition) is 1. The van der Waals surface area contributed by atoms with Gasteiger partial charge in [0.1, 0.15) is 0 Å². The van der Waals surface area contributed by atoms with Crippen molar-refractivity contribution in [2.24, 2.45) is 0 Å². The molecule has 1 amide bonds. The van der Waals surface area contributed by atoms with Crippen molar-refractivity contribution in [3.63, 3.8) is 0 Å². The minimum Gasteiger partial charge on any atom is -0.350 e. The first-order valence-corrected chi connectivity index (χ1v) is 7.48. The van der Waals surface area contributed by atoms with E-state index in [0.29, 0.717) is 13.0 Å². The molecule has 0 saturated heterocycles. The average Bonchev–Trinajstić information content (AvgIpc) is 2.46. The molecule has 0 aliphatic carbocycles. The summed E-state index contributed by atoms with van der Waals surface area (Å²) in [5.41, 5.74) is 4.05.